The molecule has 1 aliphatic carbocycles. The molecule has 88 valence electrons. The fourth-order valence-corrected chi connectivity index (χ4v) is 2.77. The summed E-state index contributed by atoms with van der Waals surface area (Å²) in [7, 11) is 1.72. The molecular formula is C14H21NO. The summed E-state index contributed by atoms with van der Waals surface area (Å²) in [6.07, 6.45) is 5.02. The van der Waals surface area contributed by atoms with Gasteiger partial charge in [-0.1, -0.05) is 18.6 Å². The number of aryl methyl sites for hydroxylation is 1. The minimum Gasteiger partial charge on any atom is -0.496 e. The van der Waals surface area contributed by atoms with Crippen molar-refractivity contribution in [3.8, 4) is 5.75 Å². The van der Waals surface area contributed by atoms with Gasteiger partial charge >= 0.3 is 0 Å². The van der Waals surface area contributed by atoms with Crippen molar-refractivity contribution in [3.63, 3.8) is 0 Å². The molecule has 2 rings (SSSR count). The summed E-state index contributed by atoms with van der Waals surface area (Å²) >= 11 is 0. The van der Waals surface area contributed by atoms with E-state index in [1.54, 1.807) is 7.11 Å². The Labute approximate surface area is 97.8 Å². The van der Waals surface area contributed by atoms with Crippen molar-refractivity contribution < 1.29 is 4.74 Å². The van der Waals surface area contributed by atoms with Crippen molar-refractivity contribution in [2.24, 2.45) is 5.73 Å². The van der Waals surface area contributed by atoms with Gasteiger partial charge in [-0.15, -0.1) is 0 Å². The van der Waals surface area contributed by atoms with Gasteiger partial charge in [0.2, 0.25) is 0 Å². The predicted octanol–water partition coefficient (Wildman–Crippen LogP) is 2.77. The Hall–Kier alpha value is -1.02. The Balaban J connectivity index is 2.29. The molecule has 2 heteroatoms. The van der Waals surface area contributed by atoms with E-state index in [2.05, 4.69) is 25.1 Å². The Morgan fingerprint density at radius 1 is 1.38 bits per heavy atom. The van der Waals surface area contributed by atoms with E-state index in [1.807, 2.05) is 0 Å². The molecule has 1 aliphatic rings. The zero-order valence-electron chi connectivity index (χ0n) is 10.3. The first kappa shape index (κ1) is 11.5. The first-order valence-corrected chi connectivity index (χ1v) is 6.07. The van der Waals surface area contributed by atoms with Gasteiger partial charge < -0.3 is 10.5 Å². The lowest BCUT2D eigenvalue weighted by atomic mass is 9.62. The van der Waals surface area contributed by atoms with E-state index < -0.39 is 0 Å². The Morgan fingerprint density at radius 2 is 2.12 bits per heavy atom. The summed E-state index contributed by atoms with van der Waals surface area (Å²) in [6, 6.07) is 6.57. The van der Waals surface area contributed by atoms with Crippen LogP contribution in [0.1, 0.15) is 36.8 Å². The average Bonchev–Trinajstić information content (AvgIpc) is 2.23. The van der Waals surface area contributed by atoms with Crippen LogP contribution >= 0.6 is 0 Å². The minimum atomic E-state index is 0.367. The van der Waals surface area contributed by atoms with Crippen LogP contribution in [0.2, 0.25) is 0 Å². The van der Waals surface area contributed by atoms with Crippen LogP contribution in [0.3, 0.4) is 0 Å². The molecule has 1 aromatic carbocycles. The molecule has 0 unspecified atom stereocenters. The second-order valence-electron chi connectivity index (χ2n) is 4.86. The Bertz CT molecular complexity index is 369. The number of nitrogens with two attached hydrogens (primary N) is 1. The maximum Gasteiger partial charge on any atom is 0.121 e. The van der Waals surface area contributed by atoms with E-state index in [1.165, 1.54) is 30.4 Å². The summed E-state index contributed by atoms with van der Waals surface area (Å²) in [5, 5.41) is 0. The van der Waals surface area contributed by atoms with Gasteiger partial charge in [-0.3, -0.25) is 0 Å². The smallest absolute Gasteiger partial charge is 0.121 e. The minimum absolute atomic E-state index is 0.367. The van der Waals surface area contributed by atoms with Gasteiger partial charge in [0.25, 0.3) is 0 Å². The van der Waals surface area contributed by atoms with E-state index in [4.69, 9.17) is 10.5 Å². The molecule has 1 saturated carbocycles. The highest BCUT2D eigenvalue weighted by atomic mass is 16.5. The van der Waals surface area contributed by atoms with E-state index >= 15 is 0 Å². The maximum absolute atomic E-state index is 5.73. The van der Waals surface area contributed by atoms with Crippen LogP contribution in [0.15, 0.2) is 18.2 Å². The molecule has 0 bridgehead atoms. The number of methoxy groups -OCH3 is 1. The Kier molecular flexibility index (Phi) is 3.20. The molecule has 0 radical (unpaired) electrons. The van der Waals surface area contributed by atoms with Gasteiger partial charge in [0.05, 0.1) is 7.11 Å². The van der Waals surface area contributed by atoms with Gasteiger partial charge in [0, 0.05) is 0 Å². The highest BCUT2D eigenvalue weighted by molar-refractivity contribution is 5.40. The number of hydrogen-bond acceptors (Lipinski definition) is 2. The zero-order valence-corrected chi connectivity index (χ0v) is 10.3. The summed E-state index contributed by atoms with van der Waals surface area (Å²) in [4.78, 5) is 0. The van der Waals surface area contributed by atoms with Gasteiger partial charge in [-0.2, -0.15) is 0 Å². The van der Waals surface area contributed by atoms with Crippen molar-refractivity contribution in [3.05, 3.63) is 29.3 Å². The summed E-state index contributed by atoms with van der Waals surface area (Å²) in [5.74, 6) is 0.978. The maximum atomic E-state index is 5.73. The first-order chi connectivity index (χ1) is 7.72. The average molecular weight is 219 g/mol. The molecule has 0 amide bonds. The first-order valence-electron chi connectivity index (χ1n) is 6.07. The molecular weight excluding hydrogens is 198 g/mol. The predicted molar refractivity (Wildman–Crippen MR) is 66.9 cm³/mol. The van der Waals surface area contributed by atoms with Crippen LogP contribution in [0.25, 0.3) is 0 Å². The van der Waals surface area contributed by atoms with E-state index in [0.29, 0.717) is 5.41 Å². The zero-order chi connectivity index (χ0) is 11.6. The van der Waals surface area contributed by atoms with E-state index in [0.717, 1.165) is 18.7 Å². The summed E-state index contributed by atoms with van der Waals surface area (Å²) in [5.41, 5.74) is 8.77. The molecule has 2 nitrogen and oxygen atoms in total. The fraction of sp³-hybridized carbons (Fsp3) is 0.571. The molecule has 16 heavy (non-hydrogen) atoms. The normalized spacial score (nSPS) is 17.9. The highest BCUT2D eigenvalue weighted by Crippen LogP contribution is 2.46. The second-order valence-corrected chi connectivity index (χ2v) is 4.86. The van der Waals surface area contributed by atoms with Crippen LogP contribution in [0.5, 0.6) is 5.75 Å². The molecule has 1 aromatic rings. The van der Waals surface area contributed by atoms with Crippen molar-refractivity contribution in [2.45, 2.75) is 38.0 Å². The largest absolute Gasteiger partial charge is 0.496 e. The third-order valence-corrected chi connectivity index (χ3v) is 3.94. The lowest BCUT2D eigenvalue weighted by Gasteiger charge is -2.42. The summed E-state index contributed by atoms with van der Waals surface area (Å²) in [6.45, 7) is 2.89. The van der Waals surface area contributed by atoms with E-state index in [9.17, 15) is 0 Å². The third-order valence-electron chi connectivity index (χ3n) is 3.94. The monoisotopic (exact) mass is 219 g/mol. The molecule has 0 aromatic heterocycles. The molecule has 0 heterocycles. The molecule has 1 fully saturated rings. The fourth-order valence-electron chi connectivity index (χ4n) is 2.77. The van der Waals surface area contributed by atoms with E-state index in [-0.39, 0.29) is 0 Å². The molecule has 0 atom stereocenters. The topological polar surface area (TPSA) is 35.2 Å². The second kappa shape index (κ2) is 4.46. The van der Waals surface area contributed by atoms with Gasteiger partial charge in [-0.25, -0.2) is 0 Å². The third kappa shape index (κ3) is 1.82. The van der Waals surface area contributed by atoms with Crippen molar-refractivity contribution >= 4 is 0 Å². The lowest BCUT2D eigenvalue weighted by Crippen LogP contribution is -2.36. The molecule has 0 aliphatic heterocycles. The Morgan fingerprint density at radius 3 is 2.56 bits per heavy atom. The van der Waals surface area contributed by atoms with Crippen LogP contribution in [0, 0.1) is 6.92 Å². The van der Waals surface area contributed by atoms with Gasteiger partial charge in [0.15, 0.2) is 0 Å². The van der Waals surface area contributed by atoms with Crippen LogP contribution in [0.4, 0.5) is 0 Å². The number of rotatable bonds is 4. The number of ether oxygens (including phenoxy) is 1. The molecule has 0 saturated heterocycles. The highest BCUT2D eigenvalue weighted by Gasteiger charge is 2.37. The van der Waals surface area contributed by atoms with Gasteiger partial charge in [0.1, 0.15) is 5.75 Å². The van der Waals surface area contributed by atoms with Crippen molar-refractivity contribution in [1.82, 2.24) is 0 Å². The number of benzene rings is 1. The van der Waals surface area contributed by atoms with Crippen molar-refractivity contribution in [1.29, 1.82) is 0 Å². The van der Waals surface area contributed by atoms with Crippen LogP contribution < -0.4 is 10.5 Å². The van der Waals surface area contributed by atoms with Gasteiger partial charge in [-0.05, 0) is 55.3 Å². The standard InChI is InChI=1S/C14H21NO/c1-11-10-12(4-5-13(11)16-2)14(8-9-15)6-3-7-14/h4-5,10H,3,6-9,15H2,1-2H3. The molecule has 2 N–H and O–H groups in total. The van der Waals surface area contributed by atoms with Crippen LogP contribution in [-0.4, -0.2) is 13.7 Å². The number of hydrogen-bond donors (Lipinski definition) is 1. The SMILES string of the molecule is COc1ccc(C2(CCN)CCC2)cc1C. The summed E-state index contributed by atoms with van der Waals surface area (Å²) < 4.78 is 5.30. The quantitative estimate of drug-likeness (QED) is 0.845. The van der Waals surface area contributed by atoms with Crippen molar-refractivity contribution in [2.75, 3.05) is 13.7 Å². The van der Waals surface area contributed by atoms with Crippen LogP contribution in [-0.2, 0) is 5.41 Å². The lowest BCUT2D eigenvalue weighted by molar-refractivity contribution is 0.229. The molecule has 0 spiro atoms.